The Morgan fingerprint density at radius 3 is 2.00 bits per heavy atom. The van der Waals surface area contributed by atoms with Crippen molar-refractivity contribution in [1.29, 1.82) is 0 Å². The van der Waals surface area contributed by atoms with Gasteiger partial charge in [-0.1, -0.05) is 12.2 Å². The summed E-state index contributed by atoms with van der Waals surface area (Å²) in [6, 6.07) is 0. The van der Waals surface area contributed by atoms with Crippen LogP contribution >= 0.6 is 0 Å². The van der Waals surface area contributed by atoms with Gasteiger partial charge in [0.25, 0.3) is 0 Å². The first kappa shape index (κ1) is 8.72. The maximum Gasteiger partial charge on any atom is 0.192 e. The molecule has 2 aliphatic carbocycles. The molecule has 0 aliphatic heterocycles. The minimum Gasteiger partial charge on any atom is -0.457 e. The highest BCUT2D eigenvalue weighted by Crippen LogP contribution is 2.23. The molecule has 1 aromatic rings. The van der Waals surface area contributed by atoms with Crippen molar-refractivity contribution in [2.45, 2.75) is 25.7 Å². The maximum atomic E-state index is 12.1. The normalized spacial score (nSPS) is 17.3. The molecule has 76 valence electrons. The van der Waals surface area contributed by atoms with E-state index in [4.69, 9.17) is 4.42 Å². The Labute approximate surface area is 87.9 Å². The lowest BCUT2D eigenvalue weighted by atomic mass is 9.96. The van der Waals surface area contributed by atoms with Crippen LogP contribution in [0.25, 0.3) is 12.2 Å². The first-order chi connectivity index (χ1) is 7.36. The van der Waals surface area contributed by atoms with E-state index in [1.807, 2.05) is 12.2 Å². The molecular weight excluding hydrogens is 188 g/mol. The molecule has 0 saturated heterocycles. The molecule has 0 atom stereocenters. The highest BCUT2D eigenvalue weighted by atomic mass is 16.3. The summed E-state index contributed by atoms with van der Waals surface area (Å²) in [4.78, 5) is 12.1. The standard InChI is InChI=1S/C13H12O2/c14-13-9-5-1-3-7-11(9)15-12-8-4-2-6-10(12)13/h3-4,7-8H,1-2,5-6H2. The van der Waals surface area contributed by atoms with Crippen molar-refractivity contribution >= 4 is 12.2 Å². The highest BCUT2D eigenvalue weighted by Gasteiger charge is 2.18. The molecule has 3 rings (SSSR count). The fourth-order valence-electron chi connectivity index (χ4n) is 2.23. The Kier molecular flexibility index (Phi) is 1.88. The van der Waals surface area contributed by atoms with E-state index in [0.717, 1.165) is 48.3 Å². The zero-order chi connectivity index (χ0) is 10.3. The molecule has 2 nitrogen and oxygen atoms in total. The monoisotopic (exact) mass is 200 g/mol. The molecule has 0 unspecified atom stereocenters. The number of fused-ring (bicyclic) bond motifs is 2. The van der Waals surface area contributed by atoms with Crippen LogP contribution in [0.2, 0.25) is 0 Å². The molecule has 0 aromatic carbocycles. The Hall–Kier alpha value is -1.57. The first-order valence-electron chi connectivity index (χ1n) is 5.38. The first-order valence-corrected chi connectivity index (χ1v) is 5.38. The number of allylic oxidation sites excluding steroid dienone is 2. The van der Waals surface area contributed by atoms with E-state index in [9.17, 15) is 4.79 Å². The van der Waals surface area contributed by atoms with Crippen molar-refractivity contribution in [3.8, 4) is 0 Å². The molecule has 0 amide bonds. The third-order valence-electron chi connectivity index (χ3n) is 3.02. The second kappa shape index (κ2) is 3.23. The van der Waals surface area contributed by atoms with Gasteiger partial charge < -0.3 is 4.42 Å². The molecule has 0 bridgehead atoms. The summed E-state index contributed by atoms with van der Waals surface area (Å²) in [5.41, 5.74) is 1.94. The summed E-state index contributed by atoms with van der Waals surface area (Å²) >= 11 is 0. The Morgan fingerprint density at radius 1 is 0.933 bits per heavy atom. The van der Waals surface area contributed by atoms with E-state index in [1.165, 1.54) is 0 Å². The van der Waals surface area contributed by atoms with E-state index in [0.29, 0.717) is 0 Å². The molecule has 0 spiro atoms. The molecule has 0 N–H and O–H groups in total. The summed E-state index contributed by atoms with van der Waals surface area (Å²) < 4.78 is 5.73. The average molecular weight is 200 g/mol. The summed E-state index contributed by atoms with van der Waals surface area (Å²) in [7, 11) is 0. The molecule has 1 aromatic heterocycles. The lowest BCUT2D eigenvalue weighted by molar-refractivity contribution is 0.505. The average Bonchev–Trinajstić information content (AvgIpc) is 2.30. The molecule has 0 radical (unpaired) electrons. The zero-order valence-corrected chi connectivity index (χ0v) is 8.45. The van der Waals surface area contributed by atoms with E-state index in [1.54, 1.807) is 0 Å². The minimum absolute atomic E-state index is 0.208. The second-order valence-corrected chi connectivity index (χ2v) is 4.00. The van der Waals surface area contributed by atoms with E-state index < -0.39 is 0 Å². The van der Waals surface area contributed by atoms with Crippen LogP contribution in [-0.2, 0) is 12.8 Å². The summed E-state index contributed by atoms with van der Waals surface area (Å²) in [6.07, 6.45) is 11.5. The lowest BCUT2D eigenvalue weighted by Gasteiger charge is -2.14. The summed E-state index contributed by atoms with van der Waals surface area (Å²) in [5, 5.41) is 0. The molecule has 0 fully saturated rings. The topological polar surface area (TPSA) is 30.2 Å². The number of rotatable bonds is 0. The van der Waals surface area contributed by atoms with Crippen LogP contribution in [0.4, 0.5) is 0 Å². The van der Waals surface area contributed by atoms with Gasteiger partial charge >= 0.3 is 0 Å². The molecule has 2 aliphatic rings. The lowest BCUT2D eigenvalue weighted by Crippen LogP contribution is -2.19. The molecule has 1 heterocycles. The van der Waals surface area contributed by atoms with Crippen LogP contribution in [0.5, 0.6) is 0 Å². The van der Waals surface area contributed by atoms with Gasteiger partial charge in [0.15, 0.2) is 5.43 Å². The Bertz CT molecular complexity index is 475. The van der Waals surface area contributed by atoms with E-state index >= 15 is 0 Å². The largest absolute Gasteiger partial charge is 0.457 e. The molecule has 0 saturated carbocycles. The fourth-order valence-corrected chi connectivity index (χ4v) is 2.23. The van der Waals surface area contributed by atoms with Gasteiger partial charge in [-0.15, -0.1) is 0 Å². The van der Waals surface area contributed by atoms with Gasteiger partial charge in [-0.05, 0) is 37.8 Å². The minimum atomic E-state index is 0.208. The second-order valence-electron chi connectivity index (χ2n) is 4.00. The van der Waals surface area contributed by atoms with Crippen molar-refractivity contribution in [3.63, 3.8) is 0 Å². The van der Waals surface area contributed by atoms with E-state index in [-0.39, 0.29) is 5.43 Å². The van der Waals surface area contributed by atoms with Gasteiger partial charge in [0.1, 0.15) is 11.5 Å². The van der Waals surface area contributed by atoms with E-state index in [2.05, 4.69) is 12.2 Å². The van der Waals surface area contributed by atoms with Crippen LogP contribution < -0.4 is 5.43 Å². The SMILES string of the molecule is O=c1c2c(oc3c1CCC=C3)C=CCC2. The maximum absolute atomic E-state index is 12.1. The predicted molar refractivity (Wildman–Crippen MR) is 59.7 cm³/mol. The third-order valence-corrected chi connectivity index (χ3v) is 3.02. The van der Waals surface area contributed by atoms with Crippen molar-refractivity contribution in [1.82, 2.24) is 0 Å². The predicted octanol–water partition coefficient (Wildman–Crippen LogP) is 2.56. The van der Waals surface area contributed by atoms with Crippen molar-refractivity contribution < 1.29 is 4.42 Å². The molecule has 2 heteroatoms. The summed E-state index contributed by atoms with van der Waals surface area (Å²) in [5.74, 6) is 1.52. The Balaban J connectivity index is 2.32. The van der Waals surface area contributed by atoms with Gasteiger partial charge in [0, 0.05) is 11.1 Å². The van der Waals surface area contributed by atoms with Gasteiger partial charge in [0.2, 0.25) is 0 Å². The van der Waals surface area contributed by atoms with Gasteiger partial charge in [-0.25, -0.2) is 0 Å². The third kappa shape index (κ3) is 1.29. The van der Waals surface area contributed by atoms with Crippen LogP contribution in [0.15, 0.2) is 21.4 Å². The van der Waals surface area contributed by atoms with Crippen molar-refractivity contribution in [2.24, 2.45) is 0 Å². The molecular formula is C13H12O2. The van der Waals surface area contributed by atoms with Gasteiger partial charge in [-0.3, -0.25) is 4.79 Å². The fraction of sp³-hybridized carbons (Fsp3) is 0.308. The molecule has 15 heavy (non-hydrogen) atoms. The van der Waals surface area contributed by atoms with Crippen LogP contribution in [0.3, 0.4) is 0 Å². The van der Waals surface area contributed by atoms with Gasteiger partial charge in [-0.2, -0.15) is 0 Å². The Morgan fingerprint density at radius 2 is 1.47 bits per heavy atom. The summed E-state index contributed by atoms with van der Waals surface area (Å²) in [6.45, 7) is 0. The van der Waals surface area contributed by atoms with Crippen LogP contribution in [0, 0.1) is 0 Å². The highest BCUT2D eigenvalue weighted by molar-refractivity contribution is 5.57. The van der Waals surface area contributed by atoms with Crippen molar-refractivity contribution in [2.75, 3.05) is 0 Å². The number of hydrogen-bond donors (Lipinski definition) is 0. The smallest absolute Gasteiger partial charge is 0.192 e. The number of hydrogen-bond acceptors (Lipinski definition) is 2. The quantitative estimate of drug-likeness (QED) is 0.644. The van der Waals surface area contributed by atoms with Crippen LogP contribution in [0.1, 0.15) is 35.5 Å². The van der Waals surface area contributed by atoms with Crippen molar-refractivity contribution in [3.05, 3.63) is 45.0 Å². The van der Waals surface area contributed by atoms with Gasteiger partial charge in [0.05, 0.1) is 0 Å². The zero-order valence-electron chi connectivity index (χ0n) is 8.45. The van der Waals surface area contributed by atoms with Crippen LogP contribution in [-0.4, -0.2) is 0 Å².